The molecule has 0 amide bonds. The molecule has 0 atom stereocenters. The summed E-state index contributed by atoms with van der Waals surface area (Å²) in [6, 6.07) is 0. The molecule has 0 radical (unpaired) electrons. The molecule has 0 unspecified atom stereocenters. The normalized spacial score (nSPS) is 17.0. The van der Waals surface area contributed by atoms with Crippen molar-refractivity contribution in [2.75, 3.05) is 26.9 Å². The smallest absolute Gasteiger partial charge is 0.273 e. The lowest BCUT2D eigenvalue weighted by Crippen LogP contribution is -2.22. The highest BCUT2D eigenvalue weighted by atomic mass is 32.1. The molecule has 2 heterocycles. The first-order valence-corrected chi connectivity index (χ1v) is 7.40. The predicted octanol–water partition coefficient (Wildman–Crippen LogP) is 2.37. The van der Waals surface area contributed by atoms with Gasteiger partial charge in [-0.2, -0.15) is 0 Å². The lowest BCUT2D eigenvalue weighted by molar-refractivity contribution is 0.0639. The summed E-state index contributed by atoms with van der Waals surface area (Å²) >= 11 is 1.63. The Labute approximate surface area is 113 Å². The fourth-order valence-electron chi connectivity index (χ4n) is 2.20. The number of thiazole rings is 1. The molecule has 0 spiro atoms. The van der Waals surface area contributed by atoms with Crippen LogP contribution >= 0.6 is 11.3 Å². The predicted molar refractivity (Wildman–Crippen MR) is 73.3 cm³/mol. The van der Waals surface area contributed by atoms with Crippen LogP contribution in [0.4, 0.5) is 0 Å². The number of hydrogen-bond donors (Lipinski definition) is 1. The highest BCUT2D eigenvalue weighted by molar-refractivity contribution is 7.13. The van der Waals surface area contributed by atoms with E-state index in [2.05, 4.69) is 10.3 Å². The molecule has 0 aliphatic carbocycles. The zero-order valence-electron chi connectivity index (χ0n) is 11.2. The van der Waals surface area contributed by atoms with Crippen LogP contribution in [0, 0.1) is 12.8 Å². The van der Waals surface area contributed by atoms with Crippen molar-refractivity contribution in [2.24, 2.45) is 5.92 Å². The lowest BCUT2D eigenvalue weighted by Gasteiger charge is -2.21. The van der Waals surface area contributed by atoms with Gasteiger partial charge in [0.25, 0.3) is 5.19 Å². The molecule has 2 rings (SSSR count). The molecule has 1 aliphatic heterocycles. The second kappa shape index (κ2) is 7.07. The van der Waals surface area contributed by atoms with E-state index >= 15 is 0 Å². The maximum Gasteiger partial charge on any atom is 0.273 e. The Morgan fingerprint density at radius 3 is 2.89 bits per heavy atom. The van der Waals surface area contributed by atoms with E-state index in [-0.39, 0.29) is 0 Å². The zero-order chi connectivity index (χ0) is 12.8. The van der Waals surface area contributed by atoms with Crippen LogP contribution in [0.25, 0.3) is 0 Å². The van der Waals surface area contributed by atoms with Crippen LogP contribution in [-0.4, -0.2) is 31.9 Å². The fraction of sp³-hybridized carbons (Fsp3) is 0.769. The summed E-state index contributed by atoms with van der Waals surface area (Å²) in [5.74, 6) is 0.836. The zero-order valence-corrected chi connectivity index (χ0v) is 12.0. The van der Waals surface area contributed by atoms with Gasteiger partial charge in [0, 0.05) is 24.6 Å². The van der Waals surface area contributed by atoms with Crippen LogP contribution in [0.2, 0.25) is 0 Å². The van der Waals surface area contributed by atoms with Crippen molar-refractivity contribution >= 4 is 11.3 Å². The molecule has 1 aromatic rings. The van der Waals surface area contributed by atoms with Crippen molar-refractivity contribution in [1.82, 2.24) is 10.3 Å². The van der Waals surface area contributed by atoms with Crippen molar-refractivity contribution in [3.63, 3.8) is 0 Å². The van der Waals surface area contributed by atoms with Crippen LogP contribution in [0.3, 0.4) is 0 Å². The Morgan fingerprint density at radius 1 is 1.44 bits per heavy atom. The Bertz CT molecular complexity index is 362. The Kier molecular flexibility index (Phi) is 5.41. The molecule has 0 aromatic carbocycles. The average molecular weight is 270 g/mol. The van der Waals surface area contributed by atoms with E-state index < -0.39 is 0 Å². The number of rotatable bonds is 6. The number of nitrogens with zero attached hydrogens (tertiary/aromatic N) is 1. The molecule has 1 saturated heterocycles. The summed E-state index contributed by atoms with van der Waals surface area (Å²) in [7, 11) is 1.67. The Hall–Kier alpha value is -0.650. The fourth-order valence-corrected chi connectivity index (χ4v) is 3.04. The third kappa shape index (κ3) is 3.93. The molecule has 1 aromatic heterocycles. The van der Waals surface area contributed by atoms with E-state index in [1.165, 1.54) is 24.1 Å². The van der Waals surface area contributed by atoms with E-state index in [0.717, 1.165) is 43.1 Å². The molecular formula is C13H22N2O2S. The van der Waals surface area contributed by atoms with Crippen molar-refractivity contribution in [3.8, 4) is 5.19 Å². The van der Waals surface area contributed by atoms with Gasteiger partial charge in [-0.3, -0.25) is 0 Å². The van der Waals surface area contributed by atoms with Gasteiger partial charge in [-0.15, -0.1) is 0 Å². The topological polar surface area (TPSA) is 43.4 Å². The standard InChI is InChI=1S/C13H22N2O2S/c1-10-12(18-13(15-10)16-2)9-14-6-3-11-4-7-17-8-5-11/h11,14H,3-9H2,1-2H3. The van der Waals surface area contributed by atoms with Gasteiger partial charge in [0.15, 0.2) is 0 Å². The van der Waals surface area contributed by atoms with Gasteiger partial charge in [0.05, 0.1) is 12.8 Å². The van der Waals surface area contributed by atoms with Gasteiger partial charge >= 0.3 is 0 Å². The summed E-state index contributed by atoms with van der Waals surface area (Å²) < 4.78 is 10.5. The molecule has 1 aliphatic rings. The van der Waals surface area contributed by atoms with Crippen molar-refractivity contribution in [3.05, 3.63) is 10.6 Å². The minimum atomic E-state index is 0.758. The van der Waals surface area contributed by atoms with E-state index in [1.807, 2.05) is 6.92 Å². The number of nitrogens with one attached hydrogen (secondary N) is 1. The third-order valence-corrected chi connectivity index (χ3v) is 4.52. The van der Waals surface area contributed by atoms with E-state index in [0.29, 0.717) is 0 Å². The number of aromatic nitrogens is 1. The number of hydrogen-bond acceptors (Lipinski definition) is 5. The van der Waals surface area contributed by atoms with E-state index in [9.17, 15) is 0 Å². The first-order chi connectivity index (χ1) is 8.79. The second-order valence-corrected chi connectivity index (χ2v) is 5.76. The summed E-state index contributed by atoms with van der Waals surface area (Å²) in [6.45, 7) is 5.89. The Morgan fingerprint density at radius 2 is 2.22 bits per heavy atom. The molecule has 0 bridgehead atoms. The first-order valence-electron chi connectivity index (χ1n) is 6.58. The van der Waals surface area contributed by atoms with Crippen LogP contribution < -0.4 is 10.1 Å². The highest BCUT2D eigenvalue weighted by Gasteiger charge is 2.13. The lowest BCUT2D eigenvalue weighted by atomic mass is 9.97. The molecule has 18 heavy (non-hydrogen) atoms. The summed E-state index contributed by atoms with van der Waals surface area (Å²) in [4.78, 5) is 5.61. The van der Waals surface area contributed by atoms with Gasteiger partial charge in [0.1, 0.15) is 0 Å². The molecule has 102 valence electrons. The quantitative estimate of drug-likeness (QED) is 0.806. The molecule has 4 nitrogen and oxygen atoms in total. The minimum Gasteiger partial charge on any atom is -0.473 e. The van der Waals surface area contributed by atoms with Gasteiger partial charge in [-0.25, -0.2) is 4.98 Å². The largest absolute Gasteiger partial charge is 0.473 e. The van der Waals surface area contributed by atoms with Gasteiger partial charge in [0.2, 0.25) is 0 Å². The molecule has 5 heteroatoms. The molecule has 1 fully saturated rings. The number of aryl methyl sites for hydroxylation is 1. The SMILES string of the molecule is COc1nc(C)c(CNCCC2CCOCC2)s1. The monoisotopic (exact) mass is 270 g/mol. The van der Waals surface area contributed by atoms with Crippen LogP contribution in [0.1, 0.15) is 29.8 Å². The van der Waals surface area contributed by atoms with Crippen molar-refractivity contribution < 1.29 is 9.47 Å². The van der Waals surface area contributed by atoms with Crippen molar-refractivity contribution in [1.29, 1.82) is 0 Å². The van der Waals surface area contributed by atoms with Gasteiger partial charge < -0.3 is 14.8 Å². The van der Waals surface area contributed by atoms with Crippen LogP contribution in [0.5, 0.6) is 5.19 Å². The van der Waals surface area contributed by atoms with E-state index in [4.69, 9.17) is 9.47 Å². The van der Waals surface area contributed by atoms with Crippen LogP contribution in [0.15, 0.2) is 0 Å². The molecule has 1 N–H and O–H groups in total. The first kappa shape index (κ1) is 13.8. The van der Waals surface area contributed by atoms with E-state index in [1.54, 1.807) is 18.4 Å². The maximum absolute atomic E-state index is 5.37. The maximum atomic E-state index is 5.37. The average Bonchev–Trinajstić information content (AvgIpc) is 2.77. The Balaban J connectivity index is 1.66. The molecular weight excluding hydrogens is 248 g/mol. The molecule has 0 saturated carbocycles. The second-order valence-electron chi connectivity index (χ2n) is 4.71. The minimum absolute atomic E-state index is 0.758. The van der Waals surface area contributed by atoms with Crippen molar-refractivity contribution in [2.45, 2.75) is 32.7 Å². The third-order valence-electron chi connectivity index (χ3n) is 3.40. The van der Waals surface area contributed by atoms with Crippen LogP contribution in [-0.2, 0) is 11.3 Å². The summed E-state index contributed by atoms with van der Waals surface area (Å²) in [5, 5.41) is 4.26. The number of methoxy groups -OCH3 is 1. The van der Waals surface area contributed by atoms with Gasteiger partial charge in [-0.1, -0.05) is 11.3 Å². The van der Waals surface area contributed by atoms with Gasteiger partial charge in [-0.05, 0) is 38.6 Å². The summed E-state index contributed by atoms with van der Waals surface area (Å²) in [6.07, 6.45) is 3.68. The summed E-state index contributed by atoms with van der Waals surface area (Å²) in [5.41, 5.74) is 1.08. The number of ether oxygens (including phenoxy) is 2. The highest BCUT2D eigenvalue weighted by Crippen LogP contribution is 2.24.